The van der Waals surface area contributed by atoms with Crippen molar-refractivity contribution in [1.82, 2.24) is 4.98 Å². The van der Waals surface area contributed by atoms with Gasteiger partial charge in [0.1, 0.15) is 5.01 Å². The Morgan fingerprint density at radius 3 is 2.22 bits per heavy atom. The van der Waals surface area contributed by atoms with Crippen LogP contribution in [0, 0.1) is 0 Å². The molecule has 0 spiro atoms. The van der Waals surface area contributed by atoms with Crippen LogP contribution < -0.4 is 0 Å². The van der Waals surface area contributed by atoms with Gasteiger partial charge in [0.15, 0.2) is 0 Å². The number of fused-ring (bicyclic) bond motifs is 1. The van der Waals surface area contributed by atoms with E-state index in [0.29, 0.717) is 6.42 Å². The molecule has 1 heterocycles. The minimum atomic E-state index is -1.18. The first kappa shape index (κ1) is 16.1. The highest BCUT2D eigenvalue weighted by Crippen LogP contribution is 2.31. The molecule has 0 aliphatic rings. The Morgan fingerprint density at radius 1 is 0.957 bits per heavy atom. The molecule has 0 saturated carbocycles. The smallest absolute Gasteiger partial charge is 0.124 e. The lowest BCUT2D eigenvalue weighted by Gasteiger charge is -2.35. The Morgan fingerprint density at radius 2 is 1.61 bits per heavy atom. The van der Waals surface area contributed by atoms with Gasteiger partial charge in [0, 0.05) is 12.0 Å². The molecule has 3 nitrogen and oxygen atoms in total. The van der Waals surface area contributed by atoms with Crippen LogP contribution in [0.1, 0.15) is 26.3 Å². The van der Waals surface area contributed by atoms with Crippen molar-refractivity contribution in [3.63, 3.8) is 0 Å². The zero-order valence-electron chi connectivity index (χ0n) is 13.6. The fourth-order valence-electron chi connectivity index (χ4n) is 2.37. The van der Waals surface area contributed by atoms with E-state index in [9.17, 15) is 10.2 Å². The molecule has 3 aromatic rings. The number of aromatic nitrogens is 1. The van der Waals surface area contributed by atoms with E-state index < -0.39 is 11.2 Å². The van der Waals surface area contributed by atoms with Crippen LogP contribution in [0.25, 0.3) is 20.8 Å². The van der Waals surface area contributed by atoms with Crippen LogP contribution in [-0.2, 0) is 6.42 Å². The summed E-state index contributed by atoms with van der Waals surface area (Å²) in [4.78, 5) is 4.66. The Balaban J connectivity index is 1.85. The zero-order valence-corrected chi connectivity index (χ0v) is 14.4. The van der Waals surface area contributed by atoms with Crippen molar-refractivity contribution < 1.29 is 10.2 Å². The van der Waals surface area contributed by atoms with Crippen LogP contribution >= 0.6 is 11.3 Å². The molecule has 0 saturated heterocycles. The van der Waals surface area contributed by atoms with Crippen LogP contribution in [0.2, 0.25) is 0 Å². The largest absolute Gasteiger partial charge is 0.387 e. The monoisotopic (exact) mass is 327 g/mol. The second kappa shape index (κ2) is 5.71. The van der Waals surface area contributed by atoms with E-state index in [-0.39, 0.29) is 0 Å². The van der Waals surface area contributed by atoms with E-state index in [1.165, 1.54) is 4.70 Å². The molecule has 0 fully saturated rings. The normalized spacial score (nSPS) is 14.8. The molecule has 2 N–H and O–H groups in total. The third-order valence-electron chi connectivity index (χ3n) is 4.36. The van der Waals surface area contributed by atoms with Gasteiger partial charge in [-0.05, 0) is 38.5 Å². The Hall–Kier alpha value is -1.75. The second-order valence-corrected chi connectivity index (χ2v) is 7.72. The van der Waals surface area contributed by atoms with Gasteiger partial charge < -0.3 is 10.2 Å². The molecule has 3 rings (SSSR count). The van der Waals surface area contributed by atoms with Crippen molar-refractivity contribution in [3.8, 4) is 10.6 Å². The number of para-hydroxylation sites is 1. The average molecular weight is 327 g/mol. The maximum absolute atomic E-state index is 10.4. The van der Waals surface area contributed by atoms with Crippen LogP contribution in [0.15, 0.2) is 48.5 Å². The quantitative estimate of drug-likeness (QED) is 0.761. The molecule has 1 atom stereocenters. The van der Waals surface area contributed by atoms with Crippen molar-refractivity contribution in [1.29, 1.82) is 0 Å². The molecule has 0 amide bonds. The van der Waals surface area contributed by atoms with Crippen LogP contribution in [-0.4, -0.2) is 26.4 Å². The van der Waals surface area contributed by atoms with Gasteiger partial charge in [-0.15, -0.1) is 11.3 Å². The molecule has 2 aromatic carbocycles. The first-order valence-electron chi connectivity index (χ1n) is 7.66. The molecule has 4 heteroatoms. The number of benzene rings is 2. The van der Waals surface area contributed by atoms with E-state index >= 15 is 0 Å². The van der Waals surface area contributed by atoms with Crippen molar-refractivity contribution in [2.75, 3.05) is 0 Å². The Kier molecular flexibility index (Phi) is 4.00. The number of thiazole rings is 1. The van der Waals surface area contributed by atoms with E-state index in [1.807, 2.05) is 42.5 Å². The summed E-state index contributed by atoms with van der Waals surface area (Å²) in [6.07, 6.45) is 0.399. The molecule has 0 aliphatic carbocycles. The molecule has 1 unspecified atom stereocenters. The second-order valence-electron chi connectivity index (χ2n) is 6.69. The van der Waals surface area contributed by atoms with Crippen LogP contribution in [0.4, 0.5) is 0 Å². The van der Waals surface area contributed by atoms with Gasteiger partial charge >= 0.3 is 0 Å². The third kappa shape index (κ3) is 3.29. The lowest BCUT2D eigenvalue weighted by molar-refractivity contribution is -0.118. The fraction of sp³-hybridized carbons (Fsp3) is 0.316. The fourth-order valence-corrected chi connectivity index (χ4v) is 3.35. The van der Waals surface area contributed by atoms with E-state index in [2.05, 4.69) is 11.1 Å². The van der Waals surface area contributed by atoms with Gasteiger partial charge in [-0.1, -0.05) is 36.4 Å². The predicted octanol–water partition coefficient (Wildman–Crippen LogP) is 4.03. The predicted molar refractivity (Wildman–Crippen MR) is 95.7 cm³/mol. The molecule has 0 aliphatic heterocycles. The van der Waals surface area contributed by atoms with E-state index in [4.69, 9.17) is 0 Å². The number of rotatable bonds is 4. The van der Waals surface area contributed by atoms with Gasteiger partial charge in [-0.25, -0.2) is 4.98 Å². The molecule has 23 heavy (non-hydrogen) atoms. The summed E-state index contributed by atoms with van der Waals surface area (Å²) in [7, 11) is 0. The number of aliphatic hydroxyl groups is 2. The maximum Gasteiger partial charge on any atom is 0.124 e. The molecular formula is C19H21NO2S. The standard InChI is InChI=1S/C19H21NO2S/c1-18(2,21)19(3,22)12-13-8-10-14(11-9-13)17-20-15-6-4-5-7-16(15)23-17/h4-11,21-22H,12H2,1-3H3. The zero-order chi connectivity index (χ0) is 16.7. The van der Waals surface area contributed by atoms with E-state index in [1.54, 1.807) is 32.1 Å². The summed E-state index contributed by atoms with van der Waals surface area (Å²) in [5.41, 5.74) is 0.740. The summed E-state index contributed by atoms with van der Waals surface area (Å²) in [6, 6.07) is 16.1. The minimum Gasteiger partial charge on any atom is -0.387 e. The Bertz CT molecular complexity index is 780. The number of hydrogen-bond donors (Lipinski definition) is 2. The minimum absolute atomic E-state index is 0.399. The Labute approximate surface area is 140 Å². The van der Waals surface area contributed by atoms with Gasteiger partial charge in [-0.2, -0.15) is 0 Å². The first-order chi connectivity index (χ1) is 10.8. The summed E-state index contributed by atoms with van der Waals surface area (Å²) < 4.78 is 1.18. The lowest BCUT2D eigenvalue weighted by atomic mass is 9.82. The molecule has 0 radical (unpaired) electrons. The molecular weight excluding hydrogens is 306 g/mol. The number of hydrogen-bond acceptors (Lipinski definition) is 4. The van der Waals surface area contributed by atoms with E-state index in [0.717, 1.165) is 21.7 Å². The SMILES string of the molecule is CC(C)(O)C(C)(O)Cc1ccc(-c2nc3ccccc3s2)cc1. The number of nitrogens with zero attached hydrogens (tertiary/aromatic N) is 1. The van der Waals surface area contributed by atoms with Crippen molar-refractivity contribution in [2.24, 2.45) is 0 Å². The van der Waals surface area contributed by atoms with Gasteiger partial charge in [0.05, 0.1) is 21.4 Å². The van der Waals surface area contributed by atoms with Gasteiger partial charge in [0.25, 0.3) is 0 Å². The van der Waals surface area contributed by atoms with Crippen molar-refractivity contribution in [3.05, 3.63) is 54.1 Å². The van der Waals surface area contributed by atoms with Crippen molar-refractivity contribution in [2.45, 2.75) is 38.4 Å². The maximum atomic E-state index is 10.4. The first-order valence-corrected chi connectivity index (χ1v) is 8.47. The van der Waals surface area contributed by atoms with Gasteiger partial charge in [-0.3, -0.25) is 0 Å². The lowest BCUT2D eigenvalue weighted by Crippen LogP contribution is -2.49. The highest BCUT2D eigenvalue weighted by atomic mass is 32.1. The molecule has 1 aromatic heterocycles. The van der Waals surface area contributed by atoms with Crippen LogP contribution in [0.3, 0.4) is 0 Å². The third-order valence-corrected chi connectivity index (χ3v) is 5.45. The summed E-state index contributed by atoms with van der Waals surface area (Å²) >= 11 is 1.67. The van der Waals surface area contributed by atoms with Gasteiger partial charge in [0.2, 0.25) is 0 Å². The van der Waals surface area contributed by atoms with Crippen molar-refractivity contribution >= 4 is 21.6 Å². The molecule has 120 valence electrons. The molecule has 0 bridgehead atoms. The highest BCUT2D eigenvalue weighted by Gasteiger charge is 2.37. The highest BCUT2D eigenvalue weighted by molar-refractivity contribution is 7.21. The summed E-state index contributed by atoms with van der Waals surface area (Å²) in [5, 5.41) is 21.5. The average Bonchev–Trinajstić information content (AvgIpc) is 2.90. The summed E-state index contributed by atoms with van der Waals surface area (Å²) in [6.45, 7) is 4.92. The van der Waals surface area contributed by atoms with Crippen LogP contribution in [0.5, 0.6) is 0 Å². The summed E-state index contributed by atoms with van der Waals surface area (Å²) in [5.74, 6) is 0. The topological polar surface area (TPSA) is 53.4 Å².